The molecule has 4 fully saturated rings. The highest BCUT2D eigenvalue weighted by Gasteiger charge is 2.55. The summed E-state index contributed by atoms with van der Waals surface area (Å²) < 4.78 is 6.05. The van der Waals surface area contributed by atoms with E-state index in [-0.39, 0.29) is 0 Å². The van der Waals surface area contributed by atoms with Crippen molar-refractivity contribution in [2.45, 2.75) is 44.3 Å². The number of aromatic nitrogens is 2. The minimum Gasteiger partial charge on any atom is -0.380 e. The van der Waals surface area contributed by atoms with Gasteiger partial charge in [-0.05, 0) is 49.5 Å². The highest BCUT2D eigenvalue weighted by atomic mass is 16.5. The maximum Gasteiger partial charge on any atom is 0.142 e. The number of rotatable bonds is 9. The van der Waals surface area contributed by atoms with E-state index >= 15 is 0 Å². The molecular weight excluding hydrogens is 300 g/mol. The van der Waals surface area contributed by atoms with Crippen LogP contribution >= 0.6 is 0 Å². The lowest BCUT2D eigenvalue weighted by atomic mass is 10.3. The number of fused-ring (bicyclic) bond motifs is 1. The van der Waals surface area contributed by atoms with Gasteiger partial charge in [0.25, 0.3) is 0 Å². The summed E-state index contributed by atoms with van der Waals surface area (Å²) in [6.45, 7) is 6.38. The van der Waals surface area contributed by atoms with Crippen molar-refractivity contribution in [2.24, 2.45) is 17.8 Å². The van der Waals surface area contributed by atoms with Gasteiger partial charge in [-0.1, -0.05) is 0 Å². The molecule has 2 unspecified atom stereocenters. The van der Waals surface area contributed by atoms with Gasteiger partial charge in [-0.2, -0.15) is 0 Å². The van der Waals surface area contributed by atoms with E-state index in [0.29, 0.717) is 0 Å². The lowest BCUT2D eigenvalue weighted by Crippen LogP contribution is -2.32. The first-order chi connectivity index (χ1) is 11.9. The van der Waals surface area contributed by atoms with Gasteiger partial charge < -0.3 is 4.74 Å². The van der Waals surface area contributed by atoms with Gasteiger partial charge in [0, 0.05) is 44.1 Å². The zero-order chi connectivity index (χ0) is 15.9. The van der Waals surface area contributed by atoms with E-state index in [1.165, 1.54) is 38.8 Å². The molecule has 4 aliphatic rings. The molecule has 130 valence electrons. The smallest absolute Gasteiger partial charge is 0.142 e. The molecule has 0 N–H and O–H groups in total. The fourth-order valence-electron chi connectivity index (χ4n) is 4.59. The summed E-state index contributed by atoms with van der Waals surface area (Å²) in [5.74, 6) is 3.48. The molecule has 1 aliphatic heterocycles. The monoisotopic (exact) mass is 328 g/mol. The van der Waals surface area contributed by atoms with E-state index < -0.39 is 0 Å². The van der Waals surface area contributed by atoms with Gasteiger partial charge in [0.1, 0.15) is 5.82 Å². The molecule has 24 heavy (non-hydrogen) atoms. The molecular formula is C19H28N4O. The molecule has 1 aromatic heterocycles. The zero-order valence-electron chi connectivity index (χ0n) is 14.4. The third-order valence-corrected chi connectivity index (χ3v) is 6.27. The van der Waals surface area contributed by atoms with E-state index in [9.17, 15) is 0 Å². The molecule has 3 aliphatic carbocycles. The number of ether oxygens (including phenoxy) is 1. The summed E-state index contributed by atoms with van der Waals surface area (Å²) in [5, 5.41) is 0. The third-order valence-electron chi connectivity index (χ3n) is 6.27. The molecule has 0 amide bonds. The highest BCUT2D eigenvalue weighted by Crippen LogP contribution is 2.51. The predicted molar refractivity (Wildman–Crippen MR) is 91.3 cm³/mol. The first-order valence-electron chi connectivity index (χ1n) is 9.70. The maximum atomic E-state index is 6.05. The molecule has 5 rings (SSSR count). The molecule has 3 saturated carbocycles. The molecule has 5 nitrogen and oxygen atoms in total. The average molecular weight is 328 g/mol. The molecule has 0 bridgehead atoms. The van der Waals surface area contributed by atoms with Crippen molar-refractivity contribution in [2.75, 3.05) is 32.8 Å². The van der Waals surface area contributed by atoms with Crippen LogP contribution in [-0.4, -0.2) is 64.7 Å². The van der Waals surface area contributed by atoms with Gasteiger partial charge in [-0.25, -0.2) is 9.97 Å². The second-order valence-electron chi connectivity index (χ2n) is 8.13. The molecule has 5 heteroatoms. The number of hydrogen-bond acceptors (Lipinski definition) is 5. The van der Waals surface area contributed by atoms with E-state index in [0.717, 1.165) is 62.0 Å². The van der Waals surface area contributed by atoms with Crippen LogP contribution in [0, 0.1) is 17.8 Å². The molecule has 2 heterocycles. The van der Waals surface area contributed by atoms with Gasteiger partial charge >= 0.3 is 0 Å². The number of hydrogen-bond donors (Lipinski definition) is 0. The van der Waals surface area contributed by atoms with Crippen LogP contribution in [0.4, 0.5) is 0 Å². The second-order valence-corrected chi connectivity index (χ2v) is 8.13. The van der Waals surface area contributed by atoms with Crippen LogP contribution in [0.2, 0.25) is 0 Å². The third kappa shape index (κ3) is 3.35. The van der Waals surface area contributed by atoms with Crippen LogP contribution < -0.4 is 0 Å². The fourth-order valence-corrected chi connectivity index (χ4v) is 4.59. The Bertz CT molecular complexity index is 536. The van der Waals surface area contributed by atoms with Crippen LogP contribution in [0.15, 0.2) is 18.5 Å². The van der Waals surface area contributed by atoms with E-state index in [4.69, 9.17) is 4.74 Å². The molecule has 1 aromatic rings. The Balaban J connectivity index is 0.994. The van der Waals surface area contributed by atoms with Crippen molar-refractivity contribution < 1.29 is 4.74 Å². The topological polar surface area (TPSA) is 41.5 Å². The van der Waals surface area contributed by atoms with Crippen LogP contribution in [0.3, 0.4) is 0 Å². The van der Waals surface area contributed by atoms with Crippen molar-refractivity contribution in [1.29, 1.82) is 0 Å². The Morgan fingerprint density at radius 3 is 2.33 bits per heavy atom. The van der Waals surface area contributed by atoms with E-state index in [1.807, 2.05) is 18.5 Å². The lowest BCUT2D eigenvalue weighted by molar-refractivity contribution is 0.0812. The van der Waals surface area contributed by atoms with Crippen molar-refractivity contribution >= 4 is 0 Å². The van der Waals surface area contributed by atoms with Crippen LogP contribution in [-0.2, 0) is 11.3 Å². The Kier molecular flexibility index (Phi) is 4.03. The second kappa shape index (κ2) is 6.36. The molecule has 0 radical (unpaired) electrons. The minimum atomic E-state index is 0.813. The SMILES string of the molecule is c1cnc(CN2CC3C(COCCN(C4CC4)C4CC4)C3C2)nc1. The molecule has 1 saturated heterocycles. The standard InChI is InChI=1S/C19H28N4O/c1-6-20-19(21-7-1)12-22-10-16-17(11-22)18(16)13-24-9-8-23(14-2-3-14)15-4-5-15/h1,6-7,14-18H,2-5,8-13H2. The number of likely N-dealkylation sites (tertiary alicyclic amines) is 1. The lowest BCUT2D eigenvalue weighted by Gasteiger charge is -2.22. The quantitative estimate of drug-likeness (QED) is 0.647. The number of piperidine rings is 1. The first kappa shape index (κ1) is 15.2. The Labute approximate surface area is 144 Å². The molecule has 0 aromatic carbocycles. The van der Waals surface area contributed by atoms with E-state index in [1.54, 1.807) is 0 Å². The van der Waals surface area contributed by atoms with Crippen LogP contribution in [0.1, 0.15) is 31.5 Å². The number of nitrogens with zero attached hydrogens (tertiary/aromatic N) is 4. The summed E-state index contributed by atoms with van der Waals surface area (Å²) >= 11 is 0. The summed E-state index contributed by atoms with van der Waals surface area (Å²) in [7, 11) is 0. The van der Waals surface area contributed by atoms with Crippen molar-refractivity contribution in [3.05, 3.63) is 24.3 Å². The van der Waals surface area contributed by atoms with E-state index in [2.05, 4.69) is 19.8 Å². The molecule has 0 spiro atoms. The predicted octanol–water partition coefficient (Wildman–Crippen LogP) is 1.80. The normalized spacial score (nSPS) is 32.3. The van der Waals surface area contributed by atoms with Crippen LogP contribution in [0.5, 0.6) is 0 Å². The van der Waals surface area contributed by atoms with Gasteiger partial charge in [0.05, 0.1) is 19.8 Å². The Morgan fingerprint density at radius 2 is 1.71 bits per heavy atom. The Morgan fingerprint density at radius 1 is 1.04 bits per heavy atom. The summed E-state index contributed by atoms with van der Waals surface area (Å²) in [5.41, 5.74) is 0. The summed E-state index contributed by atoms with van der Waals surface area (Å²) in [6.07, 6.45) is 9.35. The van der Waals surface area contributed by atoms with Gasteiger partial charge in [-0.15, -0.1) is 0 Å². The van der Waals surface area contributed by atoms with Crippen LogP contribution in [0.25, 0.3) is 0 Å². The largest absolute Gasteiger partial charge is 0.380 e. The first-order valence-corrected chi connectivity index (χ1v) is 9.70. The van der Waals surface area contributed by atoms with Gasteiger partial charge in [-0.3, -0.25) is 9.80 Å². The van der Waals surface area contributed by atoms with Gasteiger partial charge in [0.15, 0.2) is 0 Å². The van der Waals surface area contributed by atoms with Crippen molar-refractivity contribution in [1.82, 2.24) is 19.8 Å². The average Bonchev–Trinajstić information content (AvgIpc) is 3.49. The van der Waals surface area contributed by atoms with Gasteiger partial charge in [0.2, 0.25) is 0 Å². The summed E-state index contributed by atoms with van der Waals surface area (Å²) in [6, 6.07) is 3.68. The fraction of sp³-hybridized carbons (Fsp3) is 0.789. The van der Waals surface area contributed by atoms with Crippen molar-refractivity contribution in [3.8, 4) is 0 Å². The van der Waals surface area contributed by atoms with Crippen molar-refractivity contribution in [3.63, 3.8) is 0 Å². The molecule has 2 atom stereocenters. The zero-order valence-corrected chi connectivity index (χ0v) is 14.4. The highest BCUT2D eigenvalue weighted by molar-refractivity contribution is 5.06. The maximum absolute atomic E-state index is 6.05. The Hall–Kier alpha value is -1.04. The summed E-state index contributed by atoms with van der Waals surface area (Å²) in [4.78, 5) is 13.9. The minimum absolute atomic E-state index is 0.813.